The van der Waals surface area contributed by atoms with E-state index in [4.69, 9.17) is 0 Å². The topological polar surface area (TPSA) is 0 Å². The minimum absolute atomic E-state index is 0.372. The first-order chi connectivity index (χ1) is 6.80. The van der Waals surface area contributed by atoms with Crippen LogP contribution in [0.1, 0.15) is 0 Å². The number of hydrogen-bond acceptors (Lipinski definition) is 0. The second-order valence-corrected chi connectivity index (χ2v) is 33.7. The molecule has 1 spiro atoms. The molecule has 0 saturated carbocycles. The van der Waals surface area contributed by atoms with Crippen molar-refractivity contribution in [1.82, 2.24) is 0 Å². The summed E-state index contributed by atoms with van der Waals surface area (Å²) >= 11 is 0. The Morgan fingerprint density at radius 1 is 0.733 bits per heavy atom. The Bertz CT molecular complexity index is 844. The van der Waals surface area contributed by atoms with Crippen LogP contribution in [0.5, 0.6) is 0 Å². The summed E-state index contributed by atoms with van der Waals surface area (Å²) in [6.07, 6.45) is -3.76. The Labute approximate surface area is 73.9 Å². The van der Waals surface area contributed by atoms with E-state index in [1.165, 1.54) is 0 Å². The molecule has 0 aromatic rings. The zero-order chi connectivity index (χ0) is 9.51. The van der Waals surface area contributed by atoms with Crippen molar-refractivity contribution in [2.75, 3.05) is 0 Å². The van der Waals surface area contributed by atoms with Crippen molar-refractivity contribution in [2.45, 2.75) is 53.8 Å². The van der Waals surface area contributed by atoms with Crippen LogP contribution in [0.2, 0.25) is 47.7 Å². The molecule has 0 bridgehead atoms. The Kier molecular flexibility index (Phi) is 0.126. The average molecular weight is 254 g/mol. The van der Waals surface area contributed by atoms with Crippen molar-refractivity contribution in [3.05, 3.63) is 0 Å². The molecule has 10 aliphatic rings. The van der Waals surface area contributed by atoms with Crippen LogP contribution in [-0.2, 0) is 6.51 Å². The van der Waals surface area contributed by atoms with E-state index >= 15 is 0 Å². The third-order valence-corrected chi connectivity index (χ3v) is 57.5. The maximum absolute atomic E-state index is 13.6. The van der Waals surface area contributed by atoms with Gasteiger partial charge in [0.1, 0.15) is 0 Å². The summed E-state index contributed by atoms with van der Waals surface area (Å²) in [6.45, 7) is -3.81. The molecular formula is C11H9F3Fe. The molecule has 0 aromatic carbocycles. The van der Waals surface area contributed by atoms with E-state index in [2.05, 4.69) is 0 Å². The molecule has 0 nitrogen and oxygen atoms in total. The molecule has 4 heteroatoms. The molecule has 4 atom stereocenters. The van der Waals surface area contributed by atoms with Crippen LogP contribution in [0, 0.1) is 0 Å². The number of fused-ring (bicyclic) bond motifs is 10. The van der Waals surface area contributed by atoms with Crippen LogP contribution in [0.15, 0.2) is 0 Å². The van der Waals surface area contributed by atoms with Gasteiger partial charge in [0, 0.05) is 0 Å². The SMILES string of the molecule is FC(F)(F)[C]12[CH]3[CH]4[CH]5[CH]1[Fe]45321678[CH]2[CH]1[CH]6[CH]7[CH]28. The Morgan fingerprint density at radius 2 is 1.13 bits per heavy atom. The second-order valence-electron chi connectivity index (χ2n) is 10.2. The molecule has 0 amide bonds. The molecule has 0 aromatic heterocycles. The van der Waals surface area contributed by atoms with E-state index in [-0.39, 0.29) is 0 Å². The molecule has 10 aliphatic heterocycles. The zero-order valence-corrected chi connectivity index (χ0v) is 8.79. The van der Waals surface area contributed by atoms with Gasteiger partial charge in [-0.25, -0.2) is 0 Å². The molecule has 10 fully saturated rings. The first-order valence-electron chi connectivity index (χ1n) is 6.07. The van der Waals surface area contributed by atoms with E-state index in [0.29, 0.717) is 9.63 Å². The van der Waals surface area contributed by atoms with Crippen LogP contribution in [0.25, 0.3) is 0 Å². The number of halogens is 3. The summed E-state index contributed by atoms with van der Waals surface area (Å²) in [5.74, 6) is 0. The maximum atomic E-state index is 13.6. The van der Waals surface area contributed by atoms with E-state index in [0.717, 1.165) is 33.7 Å². The number of rotatable bonds is 0. The predicted octanol–water partition coefficient (Wildman–Crippen LogP) is 4.31. The van der Waals surface area contributed by atoms with Gasteiger partial charge in [-0.05, 0) is 0 Å². The van der Waals surface area contributed by atoms with Crippen molar-refractivity contribution in [3.8, 4) is 0 Å². The quantitative estimate of drug-likeness (QED) is 0.565. The Hall–Kier alpha value is 0.309. The van der Waals surface area contributed by atoms with Gasteiger partial charge >= 0.3 is 73.5 Å². The van der Waals surface area contributed by atoms with Gasteiger partial charge in [0.05, 0.1) is 0 Å². The van der Waals surface area contributed by atoms with Gasteiger partial charge in [-0.15, -0.1) is 0 Å². The zero-order valence-electron chi connectivity index (χ0n) is 7.68. The summed E-state index contributed by atoms with van der Waals surface area (Å²) in [4.78, 5) is 6.39. The van der Waals surface area contributed by atoms with Crippen LogP contribution >= 0.6 is 0 Å². The third kappa shape index (κ3) is 0.0439. The van der Waals surface area contributed by atoms with Crippen LogP contribution in [0.4, 0.5) is 13.2 Å². The normalized spacial score (nSPS) is 135. The molecule has 0 aliphatic carbocycles. The molecule has 10 rings (SSSR count). The van der Waals surface area contributed by atoms with Gasteiger partial charge in [0.2, 0.25) is 0 Å². The summed E-state index contributed by atoms with van der Waals surface area (Å²) < 4.78 is 40.0. The van der Waals surface area contributed by atoms with Gasteiger partial charge in [-0.2, -0.15) is 0 Å². The van der Waals surface area contributed by atoms with Crippen LogP contribution < -0.4 is 0 Å². The monoisotopic (exact) mass is 254 g/mol. The van der Waals surface area contributed by atoms with E-state index < -0.39 is 17.0 Å². The van der Waals surface area contributed by atoms with E-state index in [1.54, 1.807) is 0 Å². The molecule has 10 saturated heterocycles. The molecule has 0 N–H and O–H groups in total. The first-order valence-corrected chi connectivity index (χ1v) is 12.4. The fourth-order valence-electron chi connectivity index (χ4n) is 17.0. The van der Waals surface area contributed by atoms with E-state index in [9.17, 15) is 13.2 Å². The van der Waals surface area contributed by atoms with Crippen molar-refractivity contribution < 1.29 is 19.7 Å². The number of alkyl halides is 3. The summed E-state index contributed by atoms with van der Waals surface area (Å²) in [7, 11) is 0. The molecule has 82 valence electrons. The minimum atomic E-state index is -3.81. The summed E-state index contributed by atoms with van der Waals surface area (Å²) in [6, 6.07) is 0. The fraction of sp³-hybridized carbons (Fsp3) is 1.00. The van der Waals surface area contributed by atoms with Crippen molar-refractivity contribution in [3.63, 3.8) is 0 Å². The first kappa shape index (κ1) is 5.30. The Morgan fingerprint density at radius 3 is 1.20 bits per heavy atom. The van der Waals surface area contributed by atoms with Gasteiger partial charge in [0.25, 0.3) is 0 Å². The van der Waals surface area contributed by atoms with Gasteiger partial charge in [0.15, 0.2) is 0 Å². The van der Waals surface area contributed by atoms with Gasteiger partial charge < -0.3 is 0 Å². The molecule has 4 unspecified atom stereocenters. The number of hydrogen-bond donors (Lipinski definition) is 0. The summed E-state index contributed by atoms with van der Waals surface area (Å²) in [5, 5.41) is 0. The van der Waals surface area contributed by atoms with Crippen molar-refractivity contribution >= 4 is 0 Å². The van der Waals surface area contributed by atoms with Crippen molar-refractivity contribution in [1.29, 1.82) is 0 Å². The summed E-state index contributed by atoms with van der Waals surface area (Å²) in [5.41, 5.74) is 0. The second kappa shape index (κ2) is 0.357. The van der Waals surface area contributed by atoms with Gasteiger partial charge in [-0.3, -0.25) is 0 Å². The van der Waals surface area contributed by atoms with Crippen LogP contribution in [-0.4, -0.2) is 6.18 Å². The standard InChI is InChI=1S/C6H4F3.C5H5.Fe/c7-6(8,9)5-3-1-2-4-5;1-2-4-5-3-1;/h1-4H;1-5H;. The Balaban J connectivity index is 1.85. The van der Waals surface area contributed by atoms with E-state index in [1.807, 2.05) is 0 Å². The molecule has 0 radical (unpaired) electrons. The molecule has 10 heterocycles. The van der Waals surface area contributed by atoms with Crippen molar-refractivity contribution in [2.24, 2.45) is 0 Å². The van der Waals surface area contributed by atoms with Gasteiger partial charge in [-0.1, -0.05) is 0 Å². The fourth-order valence-corrected chi connectivity index (χ4v) is 91.0. The molecule has 15 heavy (non-hydrogen) atoms. The van der Waals surface area contributed by atoms with Crippen LogP contribution in [0.3, 0.4) is 0 Å². The average Bonchev–Trinajstić information content (AvgIpc) is 3.12. The molecular weight excluding hydrogens is 245 g/mol. The third-order valence-electron chi connectivity index (χ3n) is 15.1. The predicted molar refractivity (Wildman–Crippen MR) is 42.5 cm³/mol.